The predicted molar refractivity (Wildman–Crippen MR) is 112 cm³/mol. The van der Waals surface area contributed by atoms with Gasteiger partial charge in [-0.3, -0.25) is 0 Å². The molecule has 0 amide bonds. The summed E-state index contributed by atoms with van der Waals surface area (Å²) in [5.74, 6) is 2.53. The second-order valence-corrected chi connectivity index (χ2v) is 7.25. The fraction of sp³-hybridized carbons (Fsp3) is 0.476. The van der Waals surface area contributed by atoms with Crippen LogP contribution in [0.3, 0.4) is 0 Å². The summed E-state index contributed by atoms with van der Waals surface area (Å²) in [5.41, 5.74) is 0.976. The Bertz CT molecular complexity index is 746. The third-order valence-electron chi connectivity index (χ3n) is 4.85. The monoisotopic (exact) mass is 402 g/mol. The van der Waals surface area contributed by atoms with E-state index < -0.39 is 0 Å². The van der Waals surface area contributed by atoms with Crippen molar-refractivity contribution in [1.82, 2.24) is 10.2 Å². The zero-order valence-corrected chi connectivity index (χ0v) is 17.0. The molecule has 1 aromatic heterocycles. The lowest BCUT2D eigenvalue weighted by atomic mass is 9.92. The number of benzene rings is 1. The minimum atomic E-state index is 0.436. The summed E-state index contributed by atoms with van der Waals surface area (Å²) in [4.78, 5) is 7.28. The second-order valence-electron chi connectivity index (χ2n) is 6.86. The van der Waals surface area contributed by atoms with Crippen LogP contribution in [-0.2, 0) is 4.84 Å². The Morgan fingerprint density at radius 3 is 2.82 bits per heavy atom. The number of ether oxygens (including phenoxy) is 1. The summed E-state index contributed by atoms with van der Waals surface area (Å²) in [7, 11) is 0. The summed E-state index contributed by atoms with van der Waals surface area (Å²) >= 11 is 5.81. The van der Waals surface area contributed by atoms with E-state index in [9.17, 15) is 0 Å². The van der Waals surface area contributed by atoms with E-state index >= 15 is 0 Å². The Balaban J connectivity index is 1.35. The number of piperidine rings is 1. The number of nitrogens with zero attached hydrogens (tertiary/aromatic N) is 4. The van der Waals surface area contributed by atoms with Gasteiger partial charge in [0.25, 0.3) is 0 Å². The smallest absolute Gasteiger partial charge is 0.151 e. The van der Waals surface area contributed by atoms with Crippen LogP contribution >= 0.6 is 11.6 Å². The van der Waals surface area contributed by atoms with Gasteiger partial charge in [0.15, 0.2) is 11.0 Å². The minimum absolute atomic E-state index is 0.436. The van der Waals surface area contributed by atoms with Crippen molar-refractivity contribution in [3.8, 4) is 5.75 Å². The summed E-state index contributed by atoms with van der Waals surface area (Å²) in [6, 6.07) is 11.6. The van der Waals surface area contributed by atoms with Gasteiger partial charge in [-0.2, -0.15) is 0 Å². The molecular formula is C21H27ClN4O2. The Hall–Kier alpha value is -2.34. The maximum atomic E-state index is 5.90. The first-order valence-electron chi connectivity index (χ1n) is 9.87. The number of oxime groups is 1. The molecule has 1 fully saturated rings. The molecule has 6 nitrogen and oxygen atoms in total. The summed E-state index contributed by atoms with van der Waals surface area (Å²) < 4.78 is 5.90. The third-order valence-corrected chi connectivity index (χ3v) is 5.05. The molecular weight excluding hydrogens is 376 g/mol. The number of aromatic nitrogens is 2. The van der Waals surface area contributed by atoms with Crippen molar-refractivity contribution in [2.24, 2.45) is 11.1 Å². The molecule has 3 rings (SSSR count). The van der Waals surface area contributed by atoms with Crippen LogP contribution < -0.4 is 9.64 Å². The van der Waals surface area contributed by atoms with Gasteiger partial charge < -0.3 is 14.5 Å². The third kappa shape index (κ3) is 6.37. The molecule has 1 saturated heterocycles. The Morgan fingerprint density at radius 1 is 1.21 bits per heavy atom. The van der Waals surface area contributed by atoms with Gasteiger partial charge in [0, 0.05) is 13.1 Å². The van der Waals surface area contributed by atoms with Gasteiger partial charge in [0.2, 0.25) is 0 Å². The molecule has 0 spiro atoms. The van der Waals surface area contributed by atoms with E-state index in [1.54, 1.807) is 12.3 Å². The molecule has 2 aromatic rings. The van der Waals surface area contributed by atoms with Crippen LogP contribution in [0.25, 0.3) is 0 Å². The first-order chi connectivity index (χ1) is 13.7. The van der Waals surface area contributed by atoms with Crippen LogP contribution in [0.15, 0.2) is 41.6 Å². The number of rotatable bonds is 9. The van der Waals surface area contributed by atoms with E-state index in [0.717, 1.165) is 49.2 Å². The number of anilines is 1. The van der Waals surface area contributed by atoms with Crippen molar-refractivity contribution >= 4 is 23.6 Å². The van der Waals surface area contributed by atoms with E-state index in [2.05, 4.69) is 20.3 Å². The standard InChI is InChI=1S/C21H27ClN4O2/c1-2-28-23-16-18-5-3-7-19(15-18)27-14-4-6-17-10-12-26(13-11-17)21-9-8-20(22)24-25-21/h3,5,7-9,15-17H,2,4,6,10-14H2,1H3/b23-16+. The molecule has 0 bridgehead atoms. The molecule has 0 radical (unpaired) electrons. The van der Waals surface area contributed by atoms with E-state index in [1.165, 1.54) is 19.3 Å². The molecule has 1 aromatic carbocycles. The van der Waals surface area contributed by atoms with Gasteiger partial charge in [-0.1, -0.05) is 28.9 Å². The van der Waals surface area contributed by atoms with Gasteiger partial charge >= 0.3 is 0 Å². The maximum absolute atomic E-state index is 5.90. The molecule has 150 valence electrons. The first kappa shape index (κ1) is 20.4. The minimum Gasteiger partial charge on any atom is -0.494 e. The average molecular weight is 403 g/mol. The van der Waals surface area contributed by atoms with Gasteiger partial charge in [-0.25, -0.2) is 0 Å². The fourth-order valence-electron chi connectivity index (χ4n) is 3.35. The van der Waals surface area contributed by atoms with Gasteiger partial charge in [0.05, 0.1) is 12.8 Å². The molecule has 28 heavy (non-hydrogen) atoms. The lowest BCUT2D eigenvalue weighted by Crippen LogP contribution is -2.34. The van der Waals surface area contributed by atoms with E-state index in [1.807, 2.05) is 37.3 Å². The quantitative estimate of drug-likeness (QED) is 0.349. The molecule has 1 aliphatic heterocycles. The van der Waals surface area contributed by atoms with E-state index in [0.29, 0.717) is 11.8 Å². The van der Waals surface area contributed by atoms with Crippen molar-refractivity contribution < 1.29 is 9.57 Å². The van der Waals surface area contributed by atoms with Crippen molar-refractivity contribution in [3.05, 3.63) is 47.1 Å². The summed E-state index contributed by atoms with van der Waals surface area (Å²) in [5, 5.41) is 12.4. The summed E-state index contributed by atoms with van der Waals surface area (Å²) in [6.07, 6.45) is 6.30. The zero-order chi connectivity index (χ0) is 19.6. The Morgan fingerprint density at radius 2 is 2.07 bits per heavy atom. The molecule has 0 unspecified atom stereocenters. The largest absolute Gasteiger partial charge is 0.494 e. The number of halogens is 1. The van der Waals surface area contributed by atoms with Crippen LogP contribution in [-0.4, -0.2) is 42.7 Å². The van der Waals surface area contributed by atoms with Crippen LogP contribution in [0.2, 0.25) is 5.15 Å². The topological polar surface area (TPSA) is 59.8 Å². The predicted octanol–water partition coefficient (Wildman–Crippen LogP) is 4.58. The highest BCUT2D eigenvalue weighted by Gasteiger charge is 2.20. The Kier molecular flexibility index (Phi) is 7.91. The van der Waals surface area contributed by atoms with Gasteiger partial charge in [-0.05, 0) is 68.4 Å². The SMILES string of the molecule is CCO/N=C/c1cccc(OCCCC2CCN(c3ccc(Cl)nn3)CC2)c1. The molecule has 1 aliphatic rings. The van der Waals surface area contributed by atoms with Crippen LogP contribution in [0.5, 0.6) is 5.75 Å². The first-order valence-corrected chi connectivity index (χ1v) is 10.2. The Labute approximate surface area is 171 Å². The van der Waals surface area contributed by atoms with Crippen molar-refractivity contribution in [1.29, 1.82) is 0 Å². The van der Waals surface area contributed by atoms with Gasteiger partial charge in [-0.15, -0.1) is 10.2 Å². The van der Waals surface area contributed by atoms with Crippen molar-refractivity contribution in [2.75, 3.05) is 31.2 Å². The average Bonchev–Trinajstić information content (AvgIpc) is 2.73. The van der Waals surface area contributed by atoms with Gasteiger partial charge in [0.1, 0.15) is 12.4 Å². The summed E-state index contributed by atoms with van der Waals surface area (Å²) in [6.45, 7) is 5.24. The van der Waals surface area contributed by atoms with Crippen molar-refractivity contribution in [3.63, 3.8) is 0 Å². The lowest BCUT2D eigenvalue weighted by molar-refractivity contribution is 0.160. The number of hydrogen-bond acceptors (Lipinski definition) is 6. The zero-order valence-electron chi connectivity index (χ0n) is 16.3. The molecule has 0 saturated carbocycles. The lowest BCUT2D eigenvalue weighted by Gasteiger charge is -2.32. The van der Waals surface area contributed by atoms with Crippen LogP contribution in [0, 0.1) is 5.92 Å². The maximum Gasteiger partial charge on any atom is 0.151 e. The van der Waals surface area contributed by atoms with Crippen molar-refractivity contribution in [2.45, 2.75) is 32.6 Å². The fourth-order valence-corrected chi connectivity index (χ4v) is 3.45. The molecule has 7 heteroatoms. The molecule has 2 heterocycles. The van der Waals surface area contributed by atoms with E-state index in [-0.39, 0.29) is 0 Å². The van der Waals surface area contributed by atoms with E-state index in [4.69, 9.17) is 21.2 Å². The highest BCUT2D eigenvalue weighted by molar-refractivity contribution is 6.29. The molecule has 0 N–H and O–H groups in total. The molecule has 0 atom stereocenters. The second kappa shape index (κ2) is 10.9. The normalized spacial score (nSPS) is 15.1. The number of hydrogen-bond donors (Lipinski definition) is 0. The highest BCUT2D eigenvalue weighted by atomic mass is 35.5. The van der Waals surface area contributed by atoms with Crippen LogP contribution in [0.4, 0.5) is 5.82 Å². The molecule has 0 aliphatic carbocycles. The van der Waals surface area contributed by atoms with Crippen LogP contribution in [0.1, 0.15) is 38.2 Å². The highest BCUT2D eigenvalue weighted by Crippen LogP contribution is 2.25.